The third-order valence-corrected chi connectivity index (χ3v) is 4.17. The number of aryl methyl sites for hydroxylation is 1. The predicted molar refractivity (Wildman–Crippen MR) is 88.4 cm³/mol. The fourth-order valence-corrected chi connectivity index (χ4v) is 2.87. The Hall–Kier alpha value is -2.14. The molecule has 0 bridgehead atoms. The fourth-order valence-electron chi connectivity index (χ4n) is 2.87. The lowest BCUT2D eigenvalue weighted by molar-refractivity contribution is 0.0948. The second-order valence-corrected chi connectivity index (χ2v) is 5.96. The maximum Gasteiger partial charge on any atom is 0.273 e. The minimum absolute atomic E-state index is 0.156. The molecule has 0 saturated carbocycles. The van der Waals surface area contributed by atoms with E-state index in [1.54, 1.807) is 0 Å². The average molecular weight is 313 g/mol. The number of hydrogen-bond donors (Lipinski definition) is 2. The van der Waals surface area contributed by atoms with Gasteiger partial charge in [0, 0.05) is 19.0 Å². The molecule has 1 amide bonds. The van der Waals surface area contributed by atoms with Crippen molar-refractivity contribution in [3.8, 4) is 0 Å². The van der Waals surface area contributed by atoms with Gasteiger partial charge in [0.05, 0.1) is 0 Å². The highest BCUT2D eigenvalue weighted by Crippen LogP contribution is 2.22. The number of carbonyl (C=O) groups excluding carboxylic acids is 1. The molecular weight excluding hydrogens is 290 g/mol. The molecule has 1 atom stereocenters. The number of benzene rings is 1. The first-order valence-corrected chi connectivity index (χ1v) is 8.31. The van der Waals surface area contributed by atoms with Crippen molar-refractivity contribution in [3.63, 3.8) is 0 Å². The number of hydrogen-bond acceptors (Lipinski definition) is 4. The molecular formula is C18H23N3O2. The molecule has 3 rings (SSSR count). The first kappa shape index (κ1) is 15.7. The molecule has 1 aliphatic rings. The van der Waals surface area contributed by atoms with Crippen molar-refractivity contribution in [3.05, 3.63) is 53.7 Å². The average Bonchev–Trinajstić information content (AvgIpc) is 3.10. The van der Waals surface area contributed by atoms with Gasteiger partial charge in [-0.2, -0.15) is 0 Å². The molecule has 1 fully saturated rings. The van der Waals surface area contributed by atoms with E-state index in [9.17, 15) is 4.79 Å². The Morgan fingerprint density at radius 2 is 2.22 bits per heavy atom. The summed E-state index contributed by atoms with van der Waals surface area (Å²) in [5, 5.41) is 6.24. The van der Waals surface area contributed by atoms with Crippen LogP contribution in [-0.4, -0.2) is 30.5 Å². The topological polar surface area (TPSA) is 67.2 Å². The van der Waals surface area contributed by atoms with Crippen molar-refractivity contribution in [1.82, 2.24) is 15.6 Å². The van der Waals surface area contributed by atoms with Gasteiger partial charge in [0.2, 0.25) is 0 Å². The van der Waals surface area contributed by atoms with E-state index in [0.29, 0.717) is 18.1 Å². The van der Waals surface area contributed by atoms with Gasteiger partial charge >= 0.3 is 0 Å². The van der Waals surface area contributed by atoms with Crippen LogP contribution in [0.15, 0.2) is 41.0 Å². The van der Waals surface area contributed by atoms with Crippen LogP contribution in [0.3, 0.4) is 0 Å². The Kier molecular flexibility index (Phi) is 5.42. The van der Waals surface area contributed by atoms with E-state index in [-0.39, 0.29) is 11.8 Å². The molecule has 1 saturated heterocycles. The van der Waals surface area contributed by atoms with Crippen LogP contribution in [0.2, 0.25) is 0 Å². The van der Waals surface area contributed by atoms with Crippen LogP contribution in [0.4, 0.5) is 0 Å². The standard InChI is InChI=1S/C18H23N3O2/c22-17(20-11-4-8-14-6-2-1-3-7-14)16-13-23-18(21-16)15-9-5-10-19-12-15/h1-3,6-7,13,15,19H,4-5,8-12H2,(H,20,22). The summed E-state index contributed by atoms with van der Waals surface area (Å²) in [7, 11) is 0. The summed E-state index contributed by atoms with van der Waals surface area (Å²) in [5.41, 5.74) is 1.67. The SMILES string of the molecule is O=C(NCCCc1ccccc1)c1coc(C2CCCNC2)n1. The van der Waals surface area contributed by atoms with Crippen LogP contribution in [0.25, 0.3) is 0 Å². The lowest BCUT2D eigenvalue weighted by Gasteiger charge is -2.19. The Balaban J connectivity index is 1.44. The van der Waals surface area contributed by atoms with Gasteiger partial charge in [-0.25, -0.2) is 4.98 Å². The summed E-state index contributed by atoms with van der Waals surface area (Å²) in [6, 6.07) is 10.3. The highest BCUT2D eigenvalue weighted by Gasteiger charge is 2.21. The third-order valence-electron chi connectivity index (χ3n) is 4.17. The molecule has 1 aromatic heterocycles. The molecule has 1 unspecified atom stereocenters. The molecule has 1 aromatic carbocycles. The van der Waals surface area contributed by atoms with Crippen LogP contribution in [0, 0.1) is 0 Å². The molecule has 1 aliphatic heterocycles. The van der Waals surface area contributed by atoms with Gasteiger partial charge in [-0.05, 0) is 37.8 Å². The van der Waals surface area contributed by atoms with Crippen LogP contribution in [-0.2, 0) is 6.42 Å². The van der Waals surface area contributed by atoms with E-state index >= 15 is 0 Å². The molecule has 0 spiro atoms. The molecule has 5 heteroatoms. The molecule has 23 heavy (non-hydrogen) atoms. The lowest BCUT2D eigenvalue weighted by atomic mass is 10.00. The Labute approximate surface area is 136 Å². The summed E-state index contributed by atoms with van der Waals surface area (Å²) in [6.45, 7) is 2.56. The van der Waals surface area contributed by atoms with Crippen LogP contribution >= 0.6 is 0 Å². The number of nitrogens with zero attached hydrogens (tertiary/aromatic N) is 1. The first-order chi connectivity index (χ1) is 11.3. The number of carbonyl (C=O) groups is 1. The smallest absolute Gasteiger partial charge is 0.273 e. The van der Waals surface area contributed by atoms with Crippen molar-refractivity contribution in [2.75, 3.05) is 19.6 Å². The largest absolute Gasteiger partial charge is 0.448 e. The zero-order valence-corrected chi connectivity index (χ0v) is 13.3. The predicted octanol–water partition coefficient (Wildman–Crippen LogP) is 2.50. The van der Waals surface area contributed by atoms with Crippen molar-refractivity contribution in [1.29, 1.82) is 0 Å². The third kappa shape index (κ3) is 4.42. The molecule has 2 N–H and O–H groups in total. The van der Waals surface area contributed by atoms with Gasteiger partial charge in [0.15, 0.2) is 11.6 Å². The van der Waals surface area contributed by atoms with Gasteiger partial charge in [-0.15, -0.1) is 0 Å². The number of oxazole rings is 1. The summed E-state index contributed by atoms with van der Waals surface area (Å²) < 4.78 is 5.49. The van der Waals surface area contributed by atoms with Gasteiger partial charge in [-0.1, -0.05) is 30.3 Å². The fraction of sp³-hybridized carbons (Fsp3) is 0.444. The van der Waals surface area contributed by atoms with Crippen LogP contribution in [0.1, 0.15) is 47.1 Å². The lowest BCUT2D eigenvalue weighted by Crippen LogP contribution is -2.29. The molecule has 0 aliphatic carbocycles. The molecule has 0 radical (unpaired) electrons. The molecule has 2 aromatic rings. The number of aromatic nitrogens is 1. The van der Waals surface area contributed by atoms with Crippen molar-refractivity contribution >= 4 is 5.91 Å². The molecule has 5 nitrogen and oxygen atoms in total. The molecule has 122 valence electrons. The van der Waals surface area contributed by atoms with Gasteiger partial charge in [-0.3, -0.25) is 4.79 Å². The summed E-state index contributed by atoms with van der Waals surface area (Å²) in [6.07, 6.45) is 5.52. The van der Waals surface area contributed by atoms with E-state index in [2.05, 4.69) is 27.8 Å². The first-order valence-electron chi connectivity index (χ1n) is 8.31. The van der Waals surface area contributed by atoms with E-state index in [0.717, 1.165) is 38.8 Å². The van der Waals surface area contributed by atoms with E-state index in [1.165, 1.54) is 11.8 Å². The number of amides is 1. The number of rotatable bonds is 6. The minimum atomic E-state index is -0.156. The highest BCUT2D eigenvalue weighted by molar-refractivity contribution is 5.91. The highest BCUT2D eigenvalue weighted by atomic mass is 16.3. The summed E-state index contributed by atoms with van der Waals surface area (Å²) in [4.78, 5) is 16.5. The zero-order valence-electron chi connectivity index (χ0n) is 13.3. The second kappa shape index (κ2) is 7.92. The van der Waals surface area contributed by atoms with Crippen LogP contribution in [0.5, 0.6) is 0 Å². The quantitative estimate of drug-likeness (QED) is 0.804. The van der Waals surface area contributed by atoms with E-state index in [1.807, 2.05) is 18.2 Å². The van der Waals surface area contributed by atoms with Gasteiger partial charge in [0.1, 0.15) is 6.26 Å². The summed E-state index contributed by atoms with van der Waals surface area (Å²) in [5.74, 6) is 0.798. The van der Waals surface area contributed by atoms with E-state index < -0.39 is 0 Å². The monoisotopic (exact) mass is 313 g/mol. The molecule has 2 heterocycles. The van der Waals surface area contributed by atoms with E-state index in [4.69, 9.17) is 4.42 Å². The number of piperidine rings is 1. The van der Waals surface area contributed by atoms with Crippen molar-refractivity contribution < 1.29 is 9.21 Å². The van der Waals surface area contributed by atoms with Crippen molar-refractivity contribution in [2.24, 2.45) is 0 Å². The Morgan fingerprint density at radius 3 is 3.00 bits per heavy atom. The van der Waals surface area contributed by atoms with Crippen LogP contribution < -0.4 is 10.6 Å². The Bertz CT molecular complexity index is 618. The van der Waals surface area contributed by atoms with Crippen molar-refractivity contribution in [2.45, 2.75) is 31.6 Å². The normalized spacial score (nSPS) is 17.8. The Morgan fingerprint density at radius 1 is 1.35 bits per heavy atom. The maximum atomic E-state index is 12.1. The maximum absolute atomic E-state index is 12.1. The van der Waals surface area contributed by atoms with Gasteiger partial charge < -0.3 is 15.1 Å². The minimum Gasteiger partial charge on any atom is -0.448 e. The summed E-state index contributed by atoms with van der Waals surface area (Å²) >= 11 is 0. The van der Waals surface area contributed by atoms with Gasteiger partial charge in [0.25, 0.3) is 5.91 Å². The zero-order chi connectivity index (χ0) is 15.9. The number of nitrogens with one attached hydrogen (secondary N) is 2. The second-order valence-electron chi connectivity index (χ2n) is 5.96.